The van der Waals surface area contributed by atoms with Crippen LogP contribution in [0.25, 0.3) is 11.0 Å². The van der Waals surface area contributed by atoms with Crippen molar-refractivity contribution in [2.24, 2.45) is 0 Å². The lowest BCUT2D eigenvalue weighted by atomic mass is 10.1. The van der Waals surface area contributed by atoms with Gasteiger partial charge in [-0.2, -0.15) is 14.9 Å². The maximum Gasteiger partial charge on any atom is 0.275 e. The molecule has 1 aromatic carbocycles. The Balaban J connectivity index is 1.40. The molecule has 0 bridgehead atoms. The van der Waals surface area contributed by atoms with E-state index < -0.39 is 5.91 Å². The summed E-state index contributed by atoms with van der Waals surface area (Å²) in [6.07, 6.45) is 3.38. The van der Waals surface area contributed by atoms with Crippen molar-refractivity contribution in [1.29, 1.82) is 5.26 Å². The third-order valence-corrected chi connectivity index (χ3v) is 7.16. The largest absolute Gasteiger partial charge is 0.487 e. The highest BCUT2D eigenvalue weighted by Crippen LogP contribution is 2.28. The number of hydrogen-bond acceptors (Lipinski definition) is 10. The summed E-state index contributed by atoms with van der Waals surface area (Å²) in [6, 6.07) is 10.2. The zero-order valence-electron chi connectivity index (χ0n) is 19.9. The number of aryl methyl sites for hydroxylation is 1. The summed E-state index contributed by atoms with van der Waals surface area (Å²) in [7, 11) is 0. The lowest BCUT2D eigenvalue weighted by molar-refractivity contribution is -0.112. The molecule has 0 unspecified atom stereocenters. The Morgan fingerprint density at radius 3 is 2.67 bits per heavy atom. The van der Waals surface area contributed by atoms with E-state index in [2.05, 4.69) is 39.4 Å². The Bertz CT molecular complexity index is 1510. The number of carbonyl (C=O) groups excluding carboxylic acids is 1. The number of ether oxygens (including phenoxy) is 1. The highest BCUT2D eigenvalue weighted by Gasteiger charge is 2.16. The molecule has 3 heterocycles. The average Bonchev–Trinajstić information content (AvgIpc) is 3.49. The molecule has 0 aliphatic rings. The van der Waals surface area contributed by atoms with E-state index in [0.717, 1.165) is 22.9 Å². The fourth-order valence-corrected chi connectivity index (χ4v) is 5.18. The monoisotopic (exact) mass is 521 g/mol. The average molecular weight is 522 g/mol. The smallest absolute Gasteiger partial charge is 0.275 e. The normalized spacial score (nSPS) is 11.6. The summed E-state index contributed by atoms with van der Waals surface area (Å²) in [5.74, 6) is 0.313. The van der Waals surface area contributed by atoms with Crippen LogP contribution in [0.5, 0.6) is 5.75 Å². The molecule has 0 aliphatic carbocycles. The van der Waals surface area contributed by atoms with E-state index in [1.807, 2.05) is 13.0 Å². The van der Waals surface area contributed by atoms with Crippen molar-refractivity contribution in [2.45, 2.75) is 46.1 Å². The molecule has 3 aromatic heterocycles. The number of nitriles is 1. The van der Waals surface area contributed by atoms with E-state index in [0.29, 0.717) is 33.0 Å². The quantitative estimate of drug-likeness (QED) is 0.254. The van der Waals surface area contributed by atoms with Gasteiger partial charge in [0.2, 0.25) is 10.1 Å². The zero-order valence-corrected chi connectivity index (χ0v) is 21.5. The first-order valence-corrected chi connectivity index (χ1v) is 12.9. The highest BCUT2D eigenvalue weighted by atomic mass is 32.1. The van der Waals surface area contributed by atoms with Gasteiger partial charge in [0.05, 0.1) is 5.69 Å². The van der Waals surface area contributed by atoms with Crippen molar-refractivity contribution < 1.29 is 9.53 Å². The predicted molar refractivity (Wildman–Crippen MR) is 138 cm³/mol. The van der Waals surface area contributed by atoms with Gasteiger partial charge in [-0.25, -0.2) is 4.98 Å². The molecule has 1 N–H and O–H groups in total. The van der Waals surface area contributed by atoms with Crippen molar-refractivity contribution in [3.05, 3.63) is 67.5 Å². The van der Waals surface area contributed by atoms with Crippen molar-refractivity contribution in [3.8, 4) is 11.8 Å². The Morgan fingerprint density at radius 1 is 1.22 bits per heavy atom. The molecule has 184 valence electrons. The van der Waals surface area contributed by atoms with Crippen LogP contribution in [0.2, 0.25) is 0 Å². The molecule has 12 heteroatoms. The maximum atomic E-state index is 12.6. The number of aromatic nitrogens is 5. The molecule has 0 saturated carbocycles. The summed E-state index contributed by atoms with van der Waals surface area (Å²) in [5, 5.41) is 26.5. The number of benzene rings is 1. The second kappa shape index (κ2) is 11.2. The maximum absolute atomic E-state index is 12.6. The molecule has 10 nitrogen and oxygen atoms in total. The van der Waals surface area contributed by atoms with Crippen LogP contribution in [-0.4, -0.2) is 30.7 Å². The van der Waals surface area contributed by atoms with E-state index in [4.69, 9.17) is 4.74 Å². The van der Waals surface area contributed by atoms with Gasteiger partial charge in [-0.1, -0.05) is 48.7 Å². The molecule has 1 amide bonds. The molecule has 4 aromatic rings. The number of carbonyl (C=O) groups is 1. The first kappa shape index (κ1) is 25.2. The van der Waals surface area contributed by atoms with Crippen molar-refractivity contribution in [1.82, 2.24) is 24.8 Å². The first-order chi connectivity index (χ1) is 17.4. The Labute approximate surface area is 214 Å². The van der Waals surface area contributed by atoms with Crippen molar-refractivity contribution in [3.63, 3.8) is 0 Å². The lowest BCUT2D eigenvalue weighted by Crippen LogP contribution is -2.16. The fraction of sp³-hybridized carbons (Fsp3) is 0.292. The number of nitrogens with one attached hydrogen (secondary N) is 1. The van der Waals surface area contributed by atoms with Crippen LogP contribution in [0, 0.1) is 18.3 Å². The molecule has 0 atom stereocenters. The van der Waals surface area contributed by atoms with Crippen LogP contribution < -0.4 is 15.6 Å². The van der Waals surface area contributed by atoms with Crippen LogP contribution in [0.1, 0.15) is 53.9 Å². The standard InChI is InChI=1S/C24H23N7O3S2/c1-4-16(5-2)22-28-29-23(36-22)27-21(33)17(12-25)10-15-6-8-19(9-7-15)34-13-18-11-20(32)31-24(26-18)35-14(3)30-31/h6-11,16H,4-5,13H2,1-3H3,(H,27,29,33)/b17-10-. The summed E-state index contributed by atoms with van der Waals surface area (Å²) in [6.45, 7) is 6.10. The summed E-state index contributed by atoms with van der Waals surface area (Å²) in [5.41, 5.74) is 0.842. The third kappa shape index (κ3) is 5.81. The zero-order chi connectivity index (χ0) is 25.7. The number of nitrogens with zero attached hydrogens (tertiary/aromatic N) is 6. The van der Waals surface area contributed by atoms with E-state index in [1.165, 1.54) is 39.3 Å². The second-order valence-corrected chi connectivity index (χ2v) is 10.0. The molecule has 0 saturated heterocycles. The van der Waals surface area contributed by atoms with Gasteiger partial charge in [0, 0.05) is 12.0 Å². The van der Waals surface area contributed by atoms with Gasteiger partial charge in [0.1, 0.15) is 34.0 Å². The van der Waals surface area contributed by atoms with E-state index in [9.17, 15) is 14.9 Å². The predicted octanol–water partition coefficient (Wildman–Crippen LogP) is 4.34. The van der Waals surface area contributed by atoms with Gasteiger partial charge in [-0.15, -0.1) is 10.2 Å². The molecule has 0 radical (unpaired) electrons. The van der Waals surface area contributed by atoms with Gasteiger partial charge in [0.15, 0.2) is 0 Å². The highest BCUT2D eigenvalue weighted by molar-refractivity contribution is 7.16. The summed E-state index contributed by atoms with van der Waals surface area (Å²) in [4.78, 5) is 29.7. The lowest BCUT2D eigenvalue weighted by Gasteiger charge is -2.06. The van der Waals surface area contributed by atoms with Crippen LogP contribution >= 0.6 is 22.7 Å². The number of amides is 1. The summed E-state index contributed by atoms with van der Waals surface area (Å²) < 4.78 is 7.02. The molecule has 0 aliphatic heterocycles. The van der Waals surface area contributed by atoms with Crippen LogP contribution in [0.4, 0.5) is 5.13 Å². The van der Waals surface area contributed by atoms with Crippen LogP contribution in [-0.2, 0) is 11.4 Å². The Kier molecular flexibility index (Phi) is 7.82. The minimum absolute atomic E-state index is 0.0548. The van der Waals surface area contributed by atoms with Gasteiger partial charge in [-0.3, -0.25) is 14.9 Å². The molecular formula is C24H23N7O3S2. The minimum atomic E-state index is -0.545. The van der Waals surface area contributed by atoms with Gasteiger partial charge < -0.3 is 4.74 Å². The summed E-state index contributed by atoms with van der Waals surface area (Å²) >= 11 is 2.66. The van der Waals surface area contributed by atoms with Crippen LogP contribution in [0.3, 0.4) is 0 Å². The molecule has 4 rings (SSSR count). The first-order valence-electron chi connectivity index (χ1n) is 11.3. The van der Waals surface area contributed by atoms with E-state index >= 15 is 0 Å². The Hall–Kier alpha value is -3.95. The second-order valence-electron chi connectivity index (χ2n) is 7.84. The van der Waals surface area contributed by atoms with Gasteiger partial charge in [-0.05, 0) is 43.5 Å². The number of fused-ring (bicyclic) bond motifs is 1. The SMILES string of the molecule is CCC(CC)c1nnc(NC(=O)/C(C#N)=C\c2ccc(OCc3cc(=O)n4nc(C)sc4n3)cc2)s1. The van der Waals surface area contributed by atoms with E-state index in [1.54, 1.807) is 24.3 Å². The molecule has 36 heavy (non-hydrogen) atoms. The van der Waals surface area contributed by atoms with E-state index in [-0.39, 0.29) is 17.7 Å². The topological polar surface area (TPSA) is 135 Å². The minimum Gasteiger partial charge on any atom is -0.487 e. The molecular weight excluding hydrogens is 498 g/mol. The fourth-order valence-electron chi connectivity index (χ4n) is 3.41. The van der Waals surface area contributed by atoms with Crippen LogP contribution in [0.15, 0.2) is 40.7 Å². The van der Waals surface area contributed by atoms with Gasteiger partial charge in [0.25, 0.3) is 11.5 Å². The van der Waals surface area contributed by atoms with Gasteiger partial charge >= 0.3 is 0 Å². The molecule has 0 spiro atoms. The number of rotatable bonds is 9. The number of anilines is 1. The number of hydrogen-bond donors (Lipinski definition) is 1. The molecule has 0 fully saturated rings. The third-order valence-electron chi connectivity index (χ3n) is 5.34. The van der Waals surface area contributed by atoms with Crippen molar-refractivity contribution >= 4 is 44.7 Å². The van der Waals surface area contributed by atoms with Crippen molar-refractivity contribution in [2.75, 3.05) is 5.32 Å². The Morgan fingerprint density at radius 2 is 1.97 bits per heavy atom.